The molecular formula is C24H26N2O6Si. The van der Waals surface area contributed by atoms with Crippen molar-refractivity contribution in [2.45, 2.75) is 39.0 Å². The van der Waals surface area contributed by atoms with Gasteiger partial charge in [-0.05, 0) is 28.4 Å². The van der Waals surface area contributed by atoms with Crippen LogP contribution in [0.25, 0.3) is 0 Å². The number of ether oxygens (including phenoxy) is 2. The number of nitrogens with zero attached hydrogens (tertiary/aromatic N) is 2. The van der Waals surface area contributed by atoms with E-state index in [2.05, 4.69) is 20.8 Å². The summed E-state index contributed by atoms with van der Waals surface area (Å²) in [5, 5.41) is 23.8. The van der Waals surface area contributed by atoms with E-state index < -0.39 is 19.4 Å². The standard InChI is InChI=1S/C24H26N2O6Si/c1-24(2,3)33-22-14-8-13-21(31-15-17-9-4-6-11-19(17)25(27)28)23(22)32-16-18-10-5-7-12-20(18)26(29)30/h4-14H,15-16,33H2,1-3H3. The molecule has 0 radical (unpaired) electrons. The van der Waals surface area contributed by atoms with Gasteiger partial charge < -0.3 is 9.47 Å². The van der Waals surface area contributed by atoms with Crippen LogP contribution < -0.4 is 14.7 Å². The predicted octanol–water partition coefficient (Wildman–Crippen LogP) is 4.67. The lowest BCUT2D eigenvalue weighted by molar-refractivity contribution is -0.386. The molecule has 0 saturated carbocycles. The van der Waals surface area contributed by atoms with Gasteiger partial charge in [0.2, 0.25) is 0 Å². The van der Waals surface area contributed by atoms with Crippen molar-refractivity contribution < 1.29 is 19.3 Å². The van der Waals surface area contributed by atoms with Crippen molar-refractivity contribution in [2.75, 3.05) is 0 Å². The van der Waals surface area contributed by atoms with Crippen molar-refractivity contribution in [1.29, 1.82) is 0 Å². The first-order valence-electron chi connectivity index (χ1n) is 10.5. The minimum absolute atomic E-state index is 0.000471. The highest BCUT2D eigenvalue weighted by Gasteiger charge is 2.21. The highest BCUT2D eigenvalue weighted by Crippen LogP contribution is 2.31. The highest BCUT2D eigenvalue weighted by atomic mass is 28.2. The Morgan fingerprint density at radius 2 is 1.27 bits per heavy atom. The number of benzene rings is 3. The van der Waals surface area contributed by atoms with Crippen LogP contribution in [0.5, 0.6) is 11.5 Å². The Morgan fingerprint density at radius 3 is 1.79 bits per heavy atom. The predicted molar refractivity (Wildman–Crippen MR) is 129 cm³/mol. The molecule has 3 aromatic carbocycles. The average Bonchev–Trinajstić information content (AvgIpc) is 2.76. The first-order valence-corrected chi connectivity index (χ1v) is 11.9. The molecule has 9 heteroatoms. The van der Waals surface area contributed by atoms with Crippen LogP contribution >= 0.6 is 0 Å². The van der Waals surface area contributed by atoms with Crippen LogP contribution in [0, 0.1) is 20.2 Å². The monoisotopic (exact) mass is 466 g/mol. The zero-order valence-corrected chi connectivity index (χ0v) is 20.2. The van der Waals surface area contributed by atoms with Gasteiger partial charge in [-0.25, -0.2) is 0 Å². The minimum atomic E-state index is -0.796. The highest BCUT2D eigenvalue weighted by molar-refractivity contribution is 6.57. The van der Waals surface area contributed by atoms with Gasteiger partial charge in [-0.2, -0.15) is 0 Å². The van der Waals surface area contributed by atoms with Gasteiger partial charge in [-0.3, -0.25) is 20.2 Å². The summed E-state index contributed by atoms with van der Waals surface area (Å²) in [7, 11) is -0.796. The van der Waals surface area contributed by atoms with Crippen molar-refractivity contribution in [1.82, 2.24) is 0 Å². The summed E-state index contributed by atoms with van der Waals surface area (Å²) in [6, 6.07) is 18.5. The van der Waals surface area contributed by atoms with Gasteiger partial charge >= 0.3 is 0 Å². The van der Waals surface area contributed by atoms with Crippen LogP contribution in [0.15, 0.2) is 66.7 Å². The summed E-state index contributed by atoms with van der Waals surface area (Å²) in [5.74, 6) is 0.997. The van der Waals surface area contributed by atoms with Gasteiger partial charge in [0.25, 0.3) is 11.4 Å². The molecule has 0 N–H and O–H groups in total. The van der Waals surface area contributed by atoms with Crippen LogP contribution in [0.2, 0.25) is 5.04 Å². The van der Waals surface area contributed by atoms with E-state index in [0.29, 0.717) is 22.6 Å². The summed E-state index contributed by atoms with van der Waals surface area (Å²) >= 11 is 0. The first kappa shape index (κ1) is 23.9. The van der Waals surface area contributed by atoms with Gasteiger partial charge in [0, 0.05) is 12.1 Å². The summed E-state index contributed by atoms with van der Waals surface area (Å²) in [6.45, 7) is 6.48. The van der Waals surface area contributed by atoms with Crippen LogP contribution in [0.1, 0.15) is 31.9 Å². The number of nitro groups is 2. The topological polar surface area (TPSA) is 105 Å². The maximum atomic E-state index is 11.4. The van der Waals surface area contributed by atoms with E-state index in [-0.39, 0.29) is 29.6 Å². The molecule has 0 amide bonds. The molecule has 0 aliphatic heterocycles. The zero-order chi connectivity index (χ0) is 24.0. The fourth-order valence-electron chi connectivity index (χ4n) is 3.48. The smallest absolute Gasteiger partial charge is 0.276 e. The Kier molecular flexibility index (Phi) is 7.44. The third kappa shape index (κ3) is 6.39. The molecule has 8 nitrogen and oxygen atoms in total. The average molecular weight is 467 g/mol. The number of hydrogen-bond donors (Lipinski definition) is 0. The number of nitro benzene ring substituents is 2. The zero-order valence-electron chi connectivity index (χ0n) is 18.8. The van der Waals surface area contributed by atoms with Gasteiger partial charge in [0.15, 0.2) is 11.5 Å². The van der Waals surface area contributed by atoms with E-state index in [0.717, 1.165) is 5.19 Å². The molecule has 0 unspecified atom stereocenters. The second-order valence-corrected chi connectivity index (χ2v) is 12.1. The van der Waals surface area contributed by atoms with Gasteiger partial charge in [-0.15, -0.1) is 0 Å². The molecule has 3 rings (SSSR count). The Labute approximate surface area is 194 Å². The Bertz CT molecular complexity index is 1160. The lowest BCUT2D eigenvalue weighted by atomic mass is 10.2. The van der Waals surface area contributed by atoms with Gasteiger partial charge in [-0.1, -0.05) is 57.2 Å². The number of hydrogen-bond acceptors (Lipinski definition) is 6. The van der Waals surface area contributed by atoms with Crippen molar-refractivity contribution in [3.63, 3.8) is 0 Å². The van der Waals surface area contributed by atoms with Crippen molar-refractivity contribution in [3.8, 4) is 11.5 Å². The molecule has 0 aromatic heterocycles. The number of para-hydroxylation sites is 3. The van der Waals surface area contributed by atoms with E-state index in [9.17, 15) is 20.2 Å². The maximum absolute atomic E-state index is 11.4. The molecule has 3 aromatic rings. The second-order valence-electron chi connectivity index (χ2n) is 8.83. The third-order valence-corrected chi connectivity index (χ3v) is 6.91. The van der Waals surface area contributed by atoms with E-state index in [1.807, 2.05) is 12.1 Å². The molecular weight excluding hydrogens is 440 g/mol. The molecule has 172 valence electrons. The van der Waals surface area contributed by atoms with Gasteiger partial charge in [0.1, 0.15) is 13.2 Å². The van der Waals surface area contributed by atoms with E-state index in [4.69, 9.17) is 9.47 Å². The van der Waals surface area contributed by atoms with Crippen LogP contribution in [0.3, 0.4) is 0 Å². The third-order valence-electron chi connectivity index (χ3n) is 4.91. The fraction of sp³-hybridized carbons (Fsp3) is 0.250. The maximum Gasteiger partial charge on any atom is 0.276 e. The lowest BCUT2D eigenvalue weighted by Gasteiger charge is -2.22. The lowest BCUT2D eigenvalue weighted by Crippen LogP contribution is -2.25. The molecule has 0 spiro atoms. The molecule has 0 fully saturated rings. The summed E-state index contributed by atoms with van der Waals surface area (Å²) in [6.07, 6.45) is 0. The summed E-state index contributed by atoms with van der Waals surface area (Å²) in [4.78, 5) is 21.8. The van der Waals surface area contributed by atoms with E-state index in [1.165, 1.54) is 12.1 Å². The Balaban J connectivity index is 1.92. The van der Waals surface area contributed by atoms with Crippen molar-refractivity contribution in [3.05, 3.63) is 98.1 Å². The SMILES string of the molecule is CC(C)(C)[SiH2]c1cccc(OCc2ccccc2[N+](=O)[O-])c1OCc1ccccc1[N+](=O)[O-]. The van der Waals surface area contributed by atoms with Crippen molar-refractivity contribution in [2.24, 2.45) is 0 Å². The normalized spacial score (nSPS) is 11.5. The fourth-order valence-corrected chi connectivity index (χ4v) is 5.31. The van der Waals surface area contributed by atoms with Gasteiger partial charge in [0.05, 0.1) is 30.5 Å². The molecule has 0 heterocycles. The Morgan fingerprint density at radius 1 is 0.758 bits per heavy atom. The molecule has 0 aliphatic rings. The first-order chi connectivity index (χ1) is 15.7. The van der Waals surface area contributed by atoms with Crippen LogP contribution in [0.4, 0.5) is 11.4 Å². The number of rotatable bonds is 9. The van der Waals surface area contributed by atoms with E-state index >= 15 is 0 Å². The quantitative estimate of drug-likeness (QED) is 0.258. The minimum Gasteiger partial charge on any atom is -0.485 e. The van der Waals surface area contributed by atoms with E-state index in [1.54, 1.807) is 42.5 Å². The second kappa shape index (κ2) is 10.3. The van der Waals surface area contributed by atoms with Crippen molar-refractivity contribution >= 4 is 26.1 Å². The van der Waals surface area contributed by atoms with Crippen LogP contribution in [-0.2, 0) is 13.2 Å². The largest absolute Gasteiger partial charge is 0.485 e. The molecule has 0 saturated heterocycles. The summed E-state index contributed by atoms with van der Waals surface area (Å²) < 4.78 is 12.1. The summed E-state index contributed by atoms with van der Waals surface area (Å²) in [5.41, 5.74) is 0.885. The Hall–Kier alpha value is -3.72. The van der Waals surface area contributed by atoms with Crippen LogP contribution in [-0.4, -0.2) is 19.4 Å². The molecule has 0 atom stereocenters. The molecule has 0 aliphatic carbocycles. The molecule has 0 bridgehead atoms. The molecule has 33 heavy (non-hydrogen) atoms.